The van der Waals surface area contributed by atoms with Gasteiger partial charge >= 0.3 is 6.18 Å². The third kappa shape index (κ3) is 9.94. The number of hydrogen-bond acceptors (Lipinski definition) is 9. The predicted molar refractivity (Wildman–Crippen MR) is 244 cm³/mol. The first-order valence-corrected chi connectivity index (χ1v) is 24.8. The summed E-state index contributed by atoms with van der Waals surface area (Å²) in [6.45, 7) is 4.03. The monoisotopic (exact) mass is 914 g/mol. The SMILES string of the molecule is COc1ccc2c(O[C@@H]3C[C@H]4C(=O)C[C@]5(P(=O)(O)Cc6ccccc6)C[C@H]5/C=C\CCCCCC(Cc5ccccc5C(F)(F)F)C(=O)N4C3)cc(-c3csc(NC(C)C)n3)nc2c1. The smallest absolute Gasteiger partial charge is 0.416 e. The molecule has 6 atom stereocenters. The molecule has 3 aliphatic rings. The second-order valence-corrected chi connectivity index (χ2v) is 21.2. The molecular weight excluding hydrogens is 861 g/mol. The van der Waals surface area contributed by atoms with Crippen molar-refractivity contribution >= 4 is 46.4 Å². The highest BCUT2D eigenvalue weighted by Crippen LogP contribution is 2.74. The molecule has 1 saturated carbocycles. The minimum Gasteiger partial charge on any atom is -0.497 e. The first kappa shape index (κ1) is 45.5. The van der Waals surface area contributed by atoms with Crippen LogP contribution >= 0.6 is 18.7 Å². The van der Waals surface area contributed by atoms with Gasteiger partial charge in [-0.05, 0) is 81.2 Å². The van der Waals surface area contributed by atoms with Crippen molar-refractivity contribution in [1.82, 2.24) is 14.9 Å². The van der Waals surface area contributed by atoms with E-state index in [0.717, 1.165) is 24.0 Å². The summed E-state index contributed by atoms with van der Waals surface area (Å²) in [7, 11) is -2.45. The van der Waals surface area contributed by atoms with Gasteiger partial charge in [-0.1, -0.05) is 73.5 Å². The minimum atomic E-state index is -4.62. The number of allylic oxidation sites excluding steroid dienone is 2. The Hall–Kier alpha value is -5.04. The first-order valence-electron chi connectivity index (χ1n) is 22.0. The van der Waals surface area contributed by atoms with Crippen molar-refractivity contribution in [1.29, 1.82) is 0 Å². The number of anilines is 1. The standard InChI is InChI=1S/C49H54F3N4O6PS/c1-31(2)53-47-55-42(30-64-47)41-25-45(38-21-20-36(61-3)23-40(38)54-41)62-37-24-43-44(57)27-48(63(59,60)29-32-14-8-7-9-15-32)26-35(48)18-11-6-4-5-10-17-34(46(58)56(43)28-37)22-33-16-12-13-19-39(33)49(50,51)52/h7-9,11-16,18-21,23,25,30-31,34-35,37,43H,4-6,10,17,22,24,26-29H2,1-3H3,(H,53,55)(H,59,60)/b18-11-/t34?,35-,37-,43+,48-/m1/s1. The van der Waals surface area contributed by atoms with Crippen LogP contribution in [-0.2, 0) is 32.9 Å². The van der Waals surface area contributed by atoms with Crippen molar-refractivity contribution in [3.8, 4) is 22.9 Å². The van der Waals surface area contributed by atoms with Gasteiger partial charge in [-0.2, -0.15) is 13.2 Å². The zero-order valence-corrected chi connectivity index (χ0v) is 37.9. The van der Waals surface area contributed by atoms with E-state index >= 15 is 4.79 Å². The second kappa shape index (κ2) is 18.8. The minimum absolute atomic E-state index is 0.0156. The van der Waals surface area contributed by atoms with E-state index < -0.39 is 48.2 Å². The van der Waals surface area contributed by atoms with Gasteiger partial charge in [0.05, 0.1) is 47.8 Å². The molecule has 0 bridgehead atoms. The summed E-state index contributed by atoms with van der Waals surface area (Å²) in [6.07, 6.45) is 1.75. The summed E-state index contributed by atoms with van der Waals surface area (Å²) < 4.78 is 70.0. The molecule has 2 aliphatic heterocycles. The van der Waals surface area contributed by atoms with Crippen molar-refractivity contribution in [2.45, 2.75) is 107 Å². The second-order valence-electron chi connectivity index (χ2n) is 17.7. The Morgan fingerprint density at radius 1 is 1.00 bits per heavy atom. The molecule has 2 aromatic heterocycles. The predicted octanol–water partition coefficient (Wildman–Crippen LogP) is 11.1. The van der Waals surface area contributed by atoms with Gasteiger partial charge in [0.15, 0.2) is 10.9 Å². The summed E-state index contributed by atoms with van der Waals surface area (Å²) in [5.74, 6) is -0.915. The lowest BCUT2D eigenvalue weighted by Crippen LogP contribution is -2.45. The van der Waals surface area contributed by atoms with Crippen LogP contribution in [0.2, 0.25) is 0 Å². The van der Waals surface area contributed by atoms with Crippen LogP contribution in [0.4, 0.5) is 18.3 Å². The van der Waals surface area contributed by atoms with Crippen molar-refractivity contribution in [2.75, 3.05) is 19.0 Å². The van der Waals surface area contributed by atoms with Crippen LogP contribution in [0, 0.1) is 11.8 Å². The highest BCUT2D eigenvalue weighted by molar-refractivity contribution is 7.59. The molecule has 5 aromatic rings. The number of fused-ring (bicyclic) bond motifs is 3. The van der Waals surface area contributed by atoms with Crippen molar-refractivity contribution in [3.63, 3.8) is 0 Å². The third-order valence-corrected chi connectivity index (χ3v) is 16.4. The Morgan fingerprint density at radius 3 is 2.55 bits per heavy atom. The number of rotatable bonds is 11. The van der Waals surface area contributed by atoms with E-state index in [9.17, 15) is 27.4 Å². The van der Waals surface area contributed by atoms with Gasteiger partial charge in [0.2, 0.25) is 13.3 Å². The number of halogens is 3. The lowest BCUT2D eigenvalue weighted by atomic mass is 9.89. The van der Waals surface area contributed by atoms with Crippen molar-refractivity contribution in [2.24, 2.45) is 11.8 Å². The van der Waals surface area contributed by atoms with Crippen LogP contribution in [-0.4, -0.2) is 68.4 Å². The van der Waals surface area contributed by atoms with Gasteiger partial charge in [-0.3, -0.25) is 14.2 Å². The lowest BCUT2D eigenvalue weighted by Gasteiger charge is -2.30. The Morgan fingerprint density at radius 2 is 1.78 bits per heavy atom. The fourth-order valence-corrected chi connectivity index (χ4v) is 12.8. The van der Waals surface area contributed by atoms with E-state index in [2.05, 4.69) is 5.32 Å². The highest BCUT2D eigenvalue weighted by Gasteiger charge is 2.65. The lowest BCUT2D eigenvalue weighted by molar-refractivity contribution is -0.142. The normalized spacial score (nSPS) is 24.6. The number of nitrogens with zero attached hydrogens (tertiary/aromatic N) is 3. The molecule has 2 fully saturated rings. The summed E-state index contributed by atoms with van der Waals surface area (Å²) in [4.78, 5) is 53.2. The molecule has 1 aliphatic carbocycles. The van der Waals surface area contributed by atoms with E-state index in [0.29, 0.717) is 65.0 Å². The number of Topliss-reactive ketones (excluding diaryl/α,β-unsaturated/α-hetero) is 1. The van der Waals surface area contributed by atoms with Crippen LogP contribution in [0.5, 0.6) is 11.5 Å². The Balaban J connectivity index is 1.17. The van der Waals surface area contributed by atoms with Crippen LogP contribution in [0.25, 0.3) is 22.3 Å². The Kier molecular flexibility index (Phi) is 13.4. The number of benzene rings is 3. The fourth-order valence-electron chi connectivity index (χ4n) is 9.43. The molecule has 338 valence electrons. The van der Waals surface area contributed by atoms with Gasteiger partial charge in [-0.25, -0.2) is 9.97 Å². The van der Waals surface area contributed by atoms with Gasteiger partial charge in [0.1, 0.15) is 23.3 Å². The van der Waals surface area contributed by atoms with Crippen molar-refractivity contribution < 1.29 is 41.7 Å². The molecule has 1 amide bonds. The maximum absolute atomic E-state index is 15.1. The number of thiazole rings is 1. The van der Waals surface area contributed by atoms with E-state index in [-0.39, 0.29) is 55.3 Å². The molecule has 0 radical (unpaired) electrons. The zero-order valence-electron chi connectivity index (χ0n) is 36.2. The van der Waals surface area contributed by atoms with Crippen LogP contribution in [0.3, 0.4) is 0 Å². The van der Waals surface area contributed by atoms with Crippen molar-refractivity contribution in [3.05, 3.63) is 113 Å². The molecule has 8 rings (SSSR count). The molecule has 64 heavy (non-hydrogen) atoms. The summed E-state index contributed by atoms with van der Waals surface area (Å²) in [5, 5.41) is 5.40. The average molecular weight is 915 g/mol. The number of ether oxygens (including phenoxy) is 2. The molecule has 2 unspecified atom stereocenters. The molecule has 4 heterocycles. The Bertz CT molecular complexity index is 2570. The molecule has 0 spiro atoms. The molecule has 1 saturated heterocycles. The topological polar surface area (TPSA) is 131 Å². The number of hydrogen-bond donors (Lipinski definition) is 2. The number of nitrogens with one attached hydrogen (secondary N) is 1. The first-order chi connectivity index (χ1) is 30.6. The van der Waals surface area contributed by atoms with Crippen LogP contribution < -0.4 is 14.8 Å². The van der Waals surface area contributed by atoms with E-state index in [1.807, 2.05) is 55.6 Å². The van der Waals surface area contributed by atoms with Gasteiger partial charge in [-0.15, -0.1) is 11.3 Å². The number of carbonyl (C=O) groups excluding carboxylic acids is 2. The van der Waals surface area contributed by atoms with E-state index in [1.165, 1.54) is 28.4 Å². The summed E-state index contributed by atoms with van der Waals surface area (Å²) >= 11 is 1.45. The summed E-state index contributed by atoms with van der Waals surface area (Å²) in [6, 6.07) is 20.8. The number of alkyl halides is 3. The maximum atomic E-state index is 15.1. The van der Waals surface area contributed by atoms with Gasteiger partial charge in [0, 0.05) is 47.7 Å². The van der Waals surface area contributed by atoms with Gasteiger partial charge < -0.3 is 24.6 Å². The zero-order chi connectivity index (χ0) is 45.2. The number of methoxy groups -OCH3 is 1. The number of aromatic nitrogens is 2. The molecule has 3 aromatic carbocycles. The molecule has 15 heteroatoms. The quantitative estimate of drug-likeness (QED) is 0.0982. The van der Waals surface area contributed by atoms with Crippen LogP contribution in [0.15, 0.2) is 96.4 Å². The summed E-state index contributed by atoms with van der Waals surface area (Å²) in [5.41, 5.74) is 1.66. The number of amides is 1. The number of ketones is 1. The number of pyridine rings is 1. The average Bonchev–Trinajstić information content (AvgIpc) is 3.53. The maximum Gasteiger partial charge on any atom is 0.416 e. The van der Waals surface area contributed by atoms with Crippen LogP contribution in [0.1, 0.15) is 81.9 Å². The Labute approximate surface area is 375 Å². The molecular formula is C49H54F3N4O6PS. The molecule has 2 N–H and O–H groups in total. The highest BCUT2D eigenvalue weighted by atomic mass is 32.1. The number of carbonyl (C=O) groups is 2. The fraction of sp³-hybridized carbons (Fsp3) is 0.429. The molecule has 10 nitrogen and oxygen atoms in total. The largest absolute Gasteiger partial charge is 0.497 e. The van der Waals surface area contributed by atoms with E-state index in [4.69, 9.17) is 19.4 Å². The van der Waals surface area contributed by atoms with E-state index in [1.54, 1.807) is 43.5 Å². The third-order valence-electron chi connectivity index (χ3n) is 12.8. The van der Waals surface area contributed by atoms with Gasteiger partial charge in [0.25, 0.3) is 0 Å².